The molecule has 4 atom stereocenters. The highest BCUT2D eigenvalue weighted by atomic mass is 16.3. The number of carbonyl (C=O) groups is 1. The molecule has 0 aromatic heterocycles. The van der Waals surface area contributed by atoms with Crippen molar-refractivity contribution < 1.29 is 25.2 Å². The Labute approximate surface area is 341 Å². The molecule has 0 rings (SSSR count). The maximum atomic E-state index is 12.5. The van der Waals surface area contributed by atoms with Gasteiger partial charge in [0, 0.05) is 0 Å². The number of carbonyl (C=O) groups excluding carboxylic acids is 1. The maximum Gasteiger partial charge on any atom is 0.249 e. The van der Waals surface area contributed by atoms with Gasteiger partial charge < -0.3 is 25.7 Å². The van der Waals surface area contributed by atoms with Gasteiger partial charge in [-0.2, -0.15) is 0 Å². The SMILES string of the molecule is CCCCCCCCCCC/C=C\CCCCCCC(O)C(=O)NC(CO)C(O)C(O)CCC/C=C/CC/C=C/CCCCCCCCCCCCCCC. The summed E-state index contributed by atoms with van der Waals surface area (Å²) in [5.74, 6) is -0.606. The molecule has 55 heavy (non-hydrogen) atoms. The molecule has 0 saturated carbocycles. The predicted molar refractivity (Wildman–Crippen MR) is 237 cm³/mol. The summed E-state index contributed by atoms with van der Waals surface area (Å²) in [4.78, 5) is 12.5. The van der Waals surface area contributed by atoms with Crippen LogP contribution < -0.4 is 5.32 Å². The second kappa shape index (κ2) is 43.6. The Hall–Kier alpha value is -1.47. The normalized spacial score (nSPS) is 14.4. The molecule has 0 aliphatic rings. The van der Waals surface area contributed by atoms with Gasteiger partial charge in [0.15, 0.2) is 0 Å². The van der Waals surface area contributed by atoms with Crippen LogP contribution in [0.4, 0.5) is 0 Å². The Bertz CT molecular complexity index is 873. The molecule has 5 N–H and O–H groups in total. The second-order valence-electron chi connectivity index (χ2n) is 16.4. The van der Waals surface area contributed by atoms with Crippen LogP contribution in [0.5, 0.6) is 0 Å². The number of hydrogen-bond donors (Lipinski definition) is 5. The van der Waals surface area contributed by atoms with Crippen molar-refractivity contribution in [1.29, 1.82) is 0 Å². The first-order valence-electron chi connectivity index (χ1n) is 23.9. The molecule has 0 heterocycles. The molecular formula is C49H93NO5. The average molecular weight is 776 g/mol. The van der Waals surface area contributed by atoms with Crippen molar-refractivity contribution in [2.24, 2.45) is 0 Å². The quantitative estimate of drug-likeness (QED) is 0.0313. The number of aliphatic hydroxyl groups excluding tert-OH is 4. The van der Waals surface area contributed by atoms with E-state index in [0.717, 1.165) is 51.4 Å². The Morgan fingerprint density at radius 3 is 1.15 bits per heavy atom. The van der Waals surface area contributed by atoms with E-state index in [0.29, 0.717) is 19.3 Å². The van der Waals surface area contributed by atoms with E-state index in [1.54, 1.807) is 0 Å². The second-order valence-corrected chi connectivity index (χ2v) is 16.4. The number of unbranched alkanes of at least 4 members (excludes halogenated alkanes) is 28. The van der Waals surface area contributed by atoms with Gasteiger partial charge in [-0.3, -0.25) is 4.79 Å². The molecule has 0 aromatic rings. The van der Waals surface area contributed by atoms with Crippen LogP contribution >= 0.6 is 0 Å². The molecular weight excluding hydrogens is 683 g/mol. The largest absolute Gasteiger partial charge is 0.394 e. The number of rotatable bonds is 43. The van der Waals surface area contributed by atoms with Gasteiger partial charge in [-0.1, -0.05) is 198 Å². The van der Waals surface area contributed by atoms with E-state index >= 15 is 0 Å². The number of amides is 1. The third kappa shape index (κ3) is 37.8. The molecule has 0 bridgehead atoms. The lowest BCUT2D eigenvalue weighted by atomic mass is 10.00. The number of aliphatic hydroxyl groups is 4. The molecule has 324 valence electrons. The van der Waals surface area contributed by atoms with E-state index in [9.17, 15) is 25.2 Å². The minimum atomic E-state index is -1.29. The van der Waals surface area contributed by atoms with Crippen LogP contribution in [0, 0.1) is 0 Å². The van der Waals surface area contributed by atoms with Gasteiger partial charge in [0.05, 0.1) is 18.8 Å². The molecule has 6 heteroatoms. The lowest BCUT2D eigenvalue weighted by molar-refractivity contribution is -0.132. The van der Waals surface area contributed by atoms with E-state index < -0.39 is 36.9 Å². The smallest absolute Gasteiger partial charge is 0.249 e. The summed E-state index contributed by atoms with van der Waals surface area (Å²) in [6, 6.07) is -1.01. The van der Waals surface area contributed by atoms with Crippen LogP contribution in [-0.4, -0.2) is 57.3 Å². The lowest BCUT2D eigenvalue weighted by Gasteiger charge is -2.27. The molecule has 6 nitrogen and oxygen atoms in total. The van der Waals surface area contributed by atoms with Gasteiger partial charge in [0.2, 0.25) is 5.91 Å². The zero-order chi connectivity index (χ0) is 40.3. The van der Waals surface area contributed by atoms with Gasteiger partial charge in [0.25, 0.3) is 0 Å². The molecule has 0 saturated heterocycles. The molecule has 0 fully saturated rings. The zero-order valence-corrected chi connectivity index (χ0v) is 36.4. The van der Waals surface area contributed by atoms with Crippen molar-refractivity contribution in [3.63, 3.8) is 0 Å². The monoisotopic (exact) mass is 776 g/mol. The van der Waals surface area contributed by atoms with Crippen LogP contribution in [0.1, 0.15) is 239 Å². The van der Waals surface area contributed by atoms with E-state index in [2.05, 4.69) is 55.6 Å². The van der Waals surface area contributed by atoms with Crippen LogP contribution in [0.25, 0.3) is 0 Å². The third-order valence-corrected chi connectivity index (χ3v) is 11.1. The topological polar surface area (TPSA) is 110 Å². The summed E-state index contributed by atoms with van der Waals surface area (Å²) >= 11 is 0. The summed E-state index contributed by atoms with van der Waals surface area (Å²) in [6.45, 7) is 4.04. The van der Waals surface area contributed by atoms with Crippen LogP contribution in [0.3, 0.4) is 0 Å². The highest BCUT2D eigenvalue weighted by Crippen LogP contribution is 2.15. The zero-order valence-electron chi connectivity index (χ0n) is 36.4. The Balaban J connectivity index is 3.79. The molecule has 1 amide bonds. The van der Waals surface area contributed by atoms with Gasteiger partial charge in [-0.15, -0.1) is 0 Å². The van der Waals surface area contributed by atoms with Crippen molar-refractivity contribution in [2.45, 2.75) is 263 Å². The van der Waals surface area contributed by atoms with Crippen molar-refractivity contribution in [3.8, 4) is 0 Å². The van der Waals surface area contributed by atoms with Gasteiger partial charge >= 0.3 is 0 Å². The fourth-order valence-corrected chi connectivity index (χ4v) is 7.24. The highest BCUT2D eigenvalue weighted by molar-refractivity contribution is 5.80. The fourth-order valence-electron chi connectivity index (χ4n) is 7.24. The first-order chi connectivity index (χ1) is 27.0. The van der Waals surface area contributed by atoms with Crippen molar-refractivity contribution in [1.82, 2.24) is 5.32 Å². The minimum absolute atomic E-state index is 0.346. The van der Waals surface area contributed by atoms with Crippen LogP contribution in [0.15, 0.2) is 36.5 Å². The fraction of sp³-hybridized carbons (Fsp3) is 0.857. The van der Waals surface area contributed by atoms with Crippen LogP contribution in [-0.2, 0) is 4.79 Å². The number of nitrogens with one attached hydrogen (secondary N) is 1. The number of allylic oxidation sites excluding steroid dienone is 6. The average Bonchev–Trinajstić information content (AvgIpc) is 3.19. The van der Waals surface area contributed by atoms with E-state index in [1.165, 1.54) is 154 Å². The van der Waals surface area contributed by atoms with Crippen molar-refractivity contribution in [3.05, 3.63) is 36.5 Å². The maximum absolute atomic E-state index is 12.5. The van der Waals surface area contributed by atoms with Gasteiger partial charge in [-0.05, 0) is 77.0 Å². The summed E-state index contributed by atoms with van der Waals surface area (Å²) < 4.78 is 0. The number of hydrogen-bond acceptors (Lipinski definition) is 5. The molecule has 0 spiro atoms. The molecule has 0 aromatic carbocycles. The van der Waals surface area contributed by atoms with Gasteiger partial charge in [-0.25, -0.2) is 0 Å². The van der Waals surface area contributed by atoms with Crippen LogP contribution in [0.2, 0.25) is 0 Å². The van der Waals surface area contributed by atoms with E-state index in [-0.39, 0.29) is 0 Å². The van der Waals surface area contributed by atoms with E-state index in [1.807, 2.05) is 0 Å². The molecule has 4 unspecified atom stereocenters. The summed E-state index contributed by atoms with van der Waals surface area (Å²) in [5, 5.41) is 43.7. The Kier molecular flexibility index (Phi) is 42.5. The Morgan fingerprint density at radius 1 is 0.436 bits per heavy atom. The third-order valence-electron chi connectivity index (χ3n) is 11.1. The minimum Gasteiger partial charge on any atom is -0.394 e. The summed E-state index contributed by atoms with van der Waals surface area (Å²) in [7, 11) is 0. The lowest BCUT2D eigenvalue weighted by Crippen LogP contribution is -2.53. The summed E-state index contributed by atoms with van der Waals surface area (Å²) in [6.07, 6.45) is 51.8. The van der Waals surface area contributed by atoms with E-state index in [4.69, 9.17) is 0 Å². The molecule has 0 radical (unpaired) electrons. The highest BCUT2D eigenvalue weighted by Gasteiger charge is 2.28. The predicted octanol–water partition coefficient (Wildman–Crippen LogP) is 12.9. The standard InChI is InChI=1S/C49H93NO5/c1-3-5-7-9-11-13-15-17-19-21-22-23-24-25-27-28-30-32-34-36-38-40-42-46(52)48(54)45(44-51)50-49(55)47(53)43-41-39-37-35-33-31-29-26-20-18-16-14-12-10-8-6-4-2/h27-29,31,34,36,45-48,51-54H,3-26,30,32-33,35,37-44H2,1-2H3,(H,50,55)/b28-27+,31-29-,36-34+. The first kappa shape index (κ1) is 53.5. The first-order valence-corrected chi connectivity index (χ1v) is 23.9. The Morgan fingerprint density at radius 2 is 0.764 bits per heavy atom. The molecule has 0 aliphatic carbocycles. The van der Waals surface area contributed by atoms with Gasteiger partial charge in [0.1, 0.15) is 12.2 Å². The summed E-state index contributed by atoms with van der Waals surface area (Å²) in [5.41, 5.74) is 0. The van der Waals surface area contributed by atoms with Crippen molar-refractivity contribution >= 4 is 5.91 Å². The van der Waals surface area contributed by atoms with Crippen molar-refractivity contribution in [2.75, 3.05) is 6.61 Å². The molecule has 0 aliphatic heterocycles.